The molecule has 0 bridgehead atoms. The molecule has 1 aromatic heterocycles. The third-order valence-corrected chi connectivity index (χ3v) is 5.98. The van der Waals surface area contributed by atoms with Crippen LogP contribution in [0.1, 0.15) is 34.3 Å². The predicted molar refractivity (Wildman–Crippen MR) is 107 cm³/mol. The topological polar surface area (TPSA) is 62.6 Å². The van der Waals surface area contributed by atoms with E-state index in [0.717, 1.165) is 36.8 Å². The van der Waals surface area contributed by atoms with Gasteiger partial charge in [0.05, 0.1) is 17.7 Å². The van der Waals surface area contributed by atoms with Crippen LogP contribution < -0.4 is 5.32 Å². The zero-order valence-electron chi connectivity index (χ0n) is 15.6. The Morgan fingerprint density at radius 1 is 1.07 bits per heavy atom. The highest BCUT2D eigenvalue weighted by molar-refractivity contribution is 6.05. The maximum absolute atomic E-state index is 13.0. The number of nitrogens with one attached hydrogen (secondary N) is 1. The van der Waals surface area contributed by atoms with Gasteiger partial charge in [0.2, 0.25) is 5.91 Å². The summed E-state index contributed by atoms with van der Waals surface area (Å²) in [5, 5.41) is 5.54. The van der Waals surface area contributed by atoms with Crippen molar-refractivity contribution < 1.29 is 14.0 Å². The molecule has 2 amide bonds. The molecule has 28 heavy (non-hydrogen) atoms. The number of furan rings is 1. The highest BCUT2D eigenvalue weighted by atomic mass is 16.3. The van der Waals surface area contributed by atoms with Crippen LogP contribution in [0.25, 0.3) is 10.8 Å². The predicted octanol–water partition coefficient (Wildman–Crippen LogP) is 4.02. The Bertz CT molecular complexity index is 1040. The number of carbonyl (C=O) groups excluding carboxylic acids is 2. The van der Waals surface area contributed by atoms with Crippen molar-refractivity contribution in [1.82, 2.24) is 4.90 Å². The quantitative estimate of drug-likeness (QED) is 0.753. The number of rotatable bonds is 3. The number of likely N-dealkylation sites (tertiary alicyclic amines) is 1. The van der Waals surface area contributed by atoms with Crippen LogP contribution in [0, 0.1) is 5.92 Å². The maximum Gasteiger partial charge on any atom is 0.257 e. The number of carbonyl (C=O) groups is 2. The molecule has 1 aliphatic heterocycles. The molecule has 0 saturated carbocycles. The summed E-state index contributed by atoms with van der Waals surface area (Å²) in [6.07, 6.45) is 6.71. The minimum Gasteiger partial charge on any atom is -0.472 e. The van der Waals surface area contributed by atoms with Gasteiger partial charge in [-0.25, -0.2) is 0 Å². The van der Waals surface area contributed by atoms with Gasteiger partial charge in [-0.05, 0) is 54.3 Å². The van der Waals surface area contributed by atoms with Crippen LogP contribution in [-0.4, -0.2) is 29.8 Å². The van der Waals surface area contributed by atoms with Crippen LogP contribution in [0.3, 0.4) is 0 Å². The van der Waals surface area contributed by atoms with E-state index in [9.17, 15) is 9.59 Å². The lowest BCUT2D eigenvalue weighted by atomic mass is 9.96. The lowest BCUT2D eigenvalue weighted by Crippen LogP contribution is -2.43. The first-order valence-corrected chi connectivity index (χ1v) is 9.86. The summed E-state index contributed by atoms with van der Waals surface area (Å²) >= 11 is 0. The zero-order chi connectivity index (χ0) is 19.1. The van der Waals surface area contributed by atoms with Gasteiger partial charge in [-0.15, -0.1) is 0 Å². The zero-order valence-corrected chi connectivity index (χ0v) is 15.6. The molecule has 2 aliphatic rings. The van der Waals surface area contributed by atoms with E-state index in [-0.39, 0.29) is 17.7 Å². The Balaban J connectivity index is 1.35. The summed E-state index contributed by atoms with van der Waals surface area (Å²) in [5.41, 5.74) is 4.12. The molecular weight excluding hydrogens is 352 g/mol. The number of benzene rings is 2. The Labute approximate surface area is 163 Å². The Kier molecular flexibility index (Phi) is 4.15. The molecule has 0 spiro atoms. The number of nitrogens with zero attached hydrogens (tertiary/aromatic N) is 1. The summed E-state index contributed by atoms with van der Waals surface area (Å²) in [6, 6.07) is 12.1. The smallest absolute Gasteiger partial charge is 0.257 e. The molecule has 1 N–H and O–H groups in total. The van der Waals surface area contributed by atoms with Gasteiger partial charge < -0.3 is 14.6 Å². The molecular formula is C23H22N2O3. The van der Waals surface area contributed by atoms with E-state index < -0.39 is 0 Å². The molecule has 142 valence electrons. The van der Waals surface area contributed by atoms with Gasteiger partial charge in [0.25, 0.3) is 5.91 Å². The van der Waals surface area contributed by atoms with Crippen molar-refractivity contribution in [3.63, 3.8) is 0 Å². The summed E-state index contributed by atoms with van der Waals surface area (Å²) in [4.78, 5) is 27.3. The van der Waals surface area contributed by atoms with Crippen molar-refractivity contribution in [2.24, 2.45) is 5.92 Å². The second kappa shape index (κ2) is 6.82. The number of hydrogen-bond acceptors (Lipinski definition) is 3. The van der Waals surface area contributed by atoms with Gasteiger partial charge in [-0.2, -0.15) is 0 Å². The minimum atomic E-state index is -0.201. The van der Waals surface area contributed by atoms with Crippen LogP contribution in [0.4, 0.5) is 5.69 Å². The molecule has 2 aromatic carbocycles. The lowest BCUT2D eigenvalue weighted by molar-refractivity contribution is -0.121. The first-order valence-electron chi connectivity index (χ1n) is 9.86. The fourth-order valence-corrected chi connectivity index (χ4v) is 4.53. The van der Waals surface area contributed by atoms with Crippen molar-refractivity contribution in [3.8, 4) is 0 Å². The van der Waals surface area contributed by atoms with E-state index in [4.69, 9.17) is 4.42 Å². The highest BCUT2D eigenvalue weighted by Gasteiger charge is 2.29. The molecule has 2 heterocycles. The third kappa shape index (κ3) is 2.87. The molecule has 1 atom stereocenters. The standard InChI is InChI=1S/C23H22N2O3/c26-22(17-4-2-11-25(13-17)23(27)18-10-12-28-14-18)24-20-9-8-16-7-6-15-3-1-5-19(20)21(15)16/h1,3,5,8-10,12,14,17H,2,4,6-7,11,13H2,(H,24,26)/t17-/m0/s1. The van der Waals surface area contributed by atoms with Crippen LogP contribution in [0.15, 0.2) is 53.3 Å². The SMILES string of the molecule is O=C(Nc1ccc2c3c(cccc13)CC2)[C@H]1CCCN(C(=O)c2ccoc2)C1. The largest absolute Gasteiger partial charge is 0.472 e. The number of piperidine rings is 1. The van der Waals surface area contributed by atoms with E-state index in [0.29, 0.717) is 18.7 Å². The van der Waals surface area contributed by atoms with E-state index in [2.05, 4.69) is 29.6 Å². The number of amides is 2. The van der Waals surface area contributed by atoms with Crippen molar-refractivity contribution in [1.29, 1.82) is 0 Å². The average Bonchev–Trinajstić information content (AvgIpc) is 3.41. The molecule has 1 saturated heterocycles. The van der Waals surface area contributed by atoms with Crippen molar-refractivity contribution >= 4 is 28.3 Å². The fourth-order valence-electron chi connectivity index (χ4n) is 4.53. The molecule has 0 radical (unpaired) electrons. The Morgan fingerprint density at radius 2 is 1.93 bits per heavy atom. The van der Waals surface area contributed by atoms with Crippen LogP contribution in [0.5, 0.6) is 0 Å². The maximum atomic E-state index is 13.0. The van der Waals surface area contributed by atoms with Crippen LogP contribution >= 0.6 is 0 Å². The van der Waals surface area contributed by atoms with E-state index in [1.54, 1.807) is 11.0 Å². The monoisotopic (exact) mass is 374 g/mol. The average molecular weight is 374 g/mol. The van der Waals surface area contributed by atoms with Gasteiger partial charge in [0, 0.05) is 24.2 Å². The van der Waals surface area contributed by atoms with Crippen molar-refractivity contribution in [2.45, 2.75) is 25.7 Å². The van der Waals surface area contributed by atoms with E-state index >= 15 is 0 Å². The molecule has 5 nitrogen and oxygen atoms in total. The molecule has 1 fully saturated rings. The van der Waals surface area contributed by atoms with Crippen molar-refractivity contribution in [3.05, 3.63) is 65.6 Å². The van der Waals surface area contributed by atoms with Gasteiger partial charge >= 0.3 is 0 Å². The summed E-state index contributed by atoms with van der Waals surface area (Å²) in [6.45, 7) is 1.12. The van der Waals surface area contributed by atoms with Gasteiger partial charge in [0.15, 0.2) is 0 Å². The first kappa shape index (κ1) is 17.0. The van der Waals surface area contributed by atoms with Crippen LogP contribution in [-0.2, 0) is 17.6 Å². The van der Waals surface area contributed by atoms with Crippen LogP contribution in [0.2, 0.25) is 0 Å². The summed E-state index contributed by atoms with van der Waals surface area (Å²) in [7, 11) is 0. The molecule has 1 aliphatic carbocycles. The lowest BCUT2D eigenvalue weighted by Gasteiger charge is -2.32. The number of anilines is 1. The number of hydrogen-bond donors (Lipinski definition) is 1. The summed E-state index contributed by atoms with van der Waals surface area (Å²) < 4.78 is 5.02. The Hall–Kier alpha value is -3.08. The van der Waals surface area contributed by atoms with E-state index in [1.807, 2.05) is 6.07 Å². The highest BCUT2D eigenvalue weighted by Crippen LogP contribution is 2.35. The first-order chi connectivity index (χ1) is 13.7. The molecule has 0 unspecified atom stereocenters. The van der Waals surface area contributed by atoms with Gasteiger partial charge in [0.1, 0.15) is 6.26 Å². The molecule has 5 heteroatoms. The van der Waals surface area contributed by atoms with Gasteiger partial charge in [-0.1, -0.05) is 24.3 Å². The minimum absolute atomic E-state index is 0.0107. The van der Waals surface area contributed by atoms with Crippen molar-refractivity contribution in [2.75, 3.05) is 18.4 Å². The van der Waals surface area contributed by atoms with E-state index in [1.165, 1.54) is 29.0 Å². The second-order valence-corrected chi connectivity index (χ2v) is 7.70. The third-order valence-electron chi connectivity index (χ3n) is 5.98. The number of aryl methyl sites for hydroxylation is 2. The molecule has 5 rings (SSSR count). The fraction of sp³-hybridized carbons (Fsp3) is 0.304. The van der Waals surface area contributed by atoms with Gasteiger partial charge in [-0.3, -0.25) is 9.59 Å². The summed E-state index contributed by atoms with van der Waals surface area (Å²) in [5.74, 6) is -0.285. The normalized spacial score (nSPS) is 18.4. The Morgan fingerprint density at radius 3 is 2.75 bits per heavy atom. The molecule has 3 aromatic rings. The second-order valence-electron chi connectivity index (χ2n) is 7.70.